The topological polar surface area (TPSA) is 85.4 Å². The Kier molecular flexibility index (Phi) is 6.64. The predicted octanol–water partition coefficient (Wildman–Crippen LogP) is 5.99. The lowest BCUT2D eigenvalue weighted by Crippen LogP contribution is -2.22. The molecule has 176 valence electrons. The van der Waals surface area contributed by atoms with Crippen molar-refractivity contribution in [1.29, 1.82) is 0 Å². The van der Waals surface area contributed by atoms with Crippen molar-refractivity contribution in [3.8, 4) is 10.6 Å². The van der Waals surface area contributed by atoms with Gasteiger partial charge in [-0.25, -0.2) is 9.78 Å². The molecule has 1 N–H and O–H groups in total. The lowest BCUT2D eigenvalue weighted by atomic mass is 10.0. The van der Waals surface area contributed by atoms with E-state index in [4.69, 9.17) is 4.74 Å². The highest BCUT2D eigenvalue weighted by atomic mass is 32.1. The van der Waals surface area contributed by atoms with Gasteiger partial charge in [0.15, 0.2) is 12.4 Å². The number of carbonyl (C=O) groups excluding carboxylic acids is 3. The Labute approximate surface area is 211 Å². The van der Waals surface area contributed by atoms with Gasteiger partial charge >= 0.3 is 5.97 Å². The summed E-state index contributed by atoms with van der Waals surface area (Å²) in [7, 11) is 0. The highest BCUT2D eigenvalue weighted by Crippen LogP contribution is 2.28. The second kappa shape index (κ2) is 10.3. The van der Waals surface area contributed by atoms with Crippen LogP contribution >= 0.6 is 11.3 Å². The van der Waals surface area contributed by atoms with Gasteiger partial charge in [-0.3, -0.25) is 9.59 Å². The number of ether oxygens (including phenoxy) is 1. The monoisotopic (exact) mass is 492 g/mol. The first kappa shape index (κ1) is 23.1. The molecule has 0 aliphatic carbocycles. The van der Waals surface area contributed by atoms with E-state index in [0.717, 1.165) is 4.88 Å². The minimum absolute atomic E-state index is 0.215. The van der Waals surface area contributed by atoms with Crippen molar-refractivity contribution >= 4 is 45.6 Å². The number of nitrogens with one attached hydrogen (secondary N) is 1. The summed E-state index contributed by atoms with van der Waals surface area (Å²) in [5.74, 6) is -1.39. The first-order chi connectivity index (χ1) is 17.6. The smallest absolute Gasteiger partial charge is 0.339 e. The van der Waals surface area contributed by atoms with E-state index >= 15 is 0 Å². The number of anilines is 1. The first-order valence-corrected chi connectivity index (χ1v) is 12.1. The van der Waals surface area contributed by atoms with Gasteiger partial charge in [-0.15, -0.1) is 11.3 Å². The van der Waals surface area contributed by atoms with Gasteiger partial charge < -0.3 is 10.1 Å². The highest BCUT2D eigenvalue weighted by molar-refractivity contribution is 7.13. The SMILES string of the molecule is O=C(COC(=O)c1cc(-c2cccs2)nc2ccccc12)Nc1ccccc1C(=O)c1ccccc1. The molecule has 5 aromatic rings. The molecular weight excluding hydrogens is 472 g/mol. The van der Waals surface area contributed by atoms with Crippen LogP contribution in [0.25, 0.3) is 21.5 Å². The average Bonchev–Trinajstić information content (AvgIpc) is 3.47. The summed E-state index contributed by atoms with van der Waals surface area (Å²) >= 11 is 1.52. The number of esters is 1. The summed E-state index contributed by atoms with van der Waals surface area (Å²) in [6.07, 6.45) is 0. The zero-order valence-electron chi connectivity index (χ0n) is 19.0. The number of rotatable bonds is 7. The molecule has 2 heterocycles. The Morgan fingerprint density at radius 1 is 0.806 bits per heavy atom. The Balaban J connectivity index is 1.33. The quantitative estimate of drug-likeness (QED) is 0.223. The zero-order chi connectivity index (χ0) is 24.9. The molecule has 3 aromatic carbocycles. The third-order valence-electron chi connectivity index (χ3n) is 5.53. The van der Waals surface area contributed by atoms with E-state index in [1.165, 1.54) is 11.3 Å². The molecule has 0 fully saturated rings. The number of ketones is 1. The molecule has 0 unspecified atom stereocenters. The van der Waals surface area contributed by atoms with Crippen molar-refractivity contribution in [3.05, 3.63) is 119 Å². The Hall–Kier alpha value is -4.62. The van der Waals surface area contributed by atoms with E-state index in [9.17, 15) is 14.4 Å². The number of benzene rings is 3. The van der Waals surface area contributed by atoms with E-state index in [2.05, 4.69) is 10.3 Å². The van der Waals surface area contributed by atoms with Crippen LogP contribution in [0, 0.1) is 0 Å². The second-order valence-electron chi connectivity index (χ2n) is 7.91. The van der Waals surface area contributed by atoms with Crippen molar-refractivity contribution in [2.24, 2.45) is 0 Å². The minimum atomic E-state index is -0.629. The molecule has 6 nitrogen and oxygen atoms in total. The Bertz CT molecular complexity index is 1560. The molecule has 7 heteroatoms. The summed E-state index contributed by atoms with van der Waals surface area (Å²) in [4.78, 5) is 44.2. The first-order valence-electron chi connectivity index (χ1n) is 11.2. The average molecular weight is 493 g/mol. The zero-order valence-corrected chi connectivity index (χ0v) is 19.8. The van der Waals surface area contributed by atoms with Gasteiger partial charge in [0.2, 0.25) is 0 Å². The van der Waals surface area contributed by atoms with Crippen LogP contribution in [0.2, 0.25) is 0 Å². The second-order valence-corrected chi connectivity index (χ2v) is 8.86. The van der Waals surface area contributed by atoms with Crippen molar-refractivity contribution in [2.75, 3.05) is 11.9 Å². The van der Waals surface area contributed by atoms with Gasteiger partial charge in [0.25, 0.3) is 5.91 Å². The number of nitrogens with zero attached hydrogens (tertiary/aromatic N) is 1. The van der Waals surface area contributed by atoms with Gasteiger partial charge in [-0.05, 0) is 35.7 Å². The lowest BCUT2D eigenvalue weighted by molar-refractivity contribution is -0.119. The lowest BCUT2D eigenvalue weighted by Gasteiger charge is -2.12. The van der Waals surface area contributed by atoms with Crippen LogP contribution in [0.3, 0.4) is 0 Å². The molecule has 0 aliphatic heterocycles. The predicted molar refractivity (Wildman–Crippen MR) is 140 cm³/mol. The molecule has 0 atom stereocenters. The number of amides is 1. The van der Waals surface area contributed by atoms with Gasteiger partial charge in [0.1, 0.15) is 0 Å². The molecule has 5 rings (SSSR count). The van der Waals surface area contributed by atoms with E-state index in [-0.39, 0.29) is 5.78 Å². The van der Waals surface area contributed by atoms with Crippen molar-refractivity contribution in [2.45, 2.75) is 0 Å². The molecule has 0 saturated heterocycles. The molecule has 0 aliphatic rings. The number of para-hydroxylation sites is 2. The van der Waals surface area contributed by atoms with E-state index < -0.39 is 18.5 Å². The molecule has 0 spiro atoms. The fourth-order valence-electron chi connectivity index (χ4n) is 3.83. The van der Waals surface area contributed by atoms with Crippen LogP contribution in [0.1, 0.15) is 26.3 Å². The number of pyridine rings is 1. The largest absolute Gasteiger partial charge is 0.452 e. The van der Waals surface area contributed by atoms with Crippen molar-refractivity contribution in [3.63, 3.8) is 0 Å². The van der Waals surface area contributed by atoms with Crippen LogP contribution in [0.5, 0.6) is 0 Å². The van der Waals surface area contributed by atoms with E-state index in [1.54, 1.807) is 60.7 Å². The van der Waals surface area contributed by atoms with Crippen LogP contribution in [0.15, 0.2) is 102 Å². The third kappa shape index (κ3) is 4.92. The van der Waals surface area contributed by atoms with Gasteiger partial charge in [-0.1, -0.05) is 66.7 Å². The molecule has 1 amide bonds. The summed E-state index contributed by atoms with van der Waals surface area (Å²) in [6, 6.07) is 28.4. The fourth-order valence-corrected chi connectivity index (χ4v) is 4.51. The highest BCUT2D eigenvalue weighted by Gasteiger charge is 2.18. The summed E-state index contributed by atoms with van der Waals surface area (Å²) in [5.41, 5.74) is 2.86. The van der Waals surface area contributed by atoms with Crippen LogP contribution < -0.4 is 5.32 Å². The van der Waals surface area contributed by atoms with Crippen molar-refractivity contribution in [1.82, 2.24) is 4.98 Å². The summed E-state index contributed by atoms with van der Waals surface area (Å²) < 4.78 is 5.37. The standard InChI is InChI=1S/C29H20N2O4S/c32-27(31-24-14-7-5-12-21(24)28(33)19-9-2-1-3-10-19)18-35-29(34)22-17-25(26-15-8-16-36-26)30-23-13-6-4-11-20(22)23/h1-17H,18H2,(H,31,32). The number of aromatic nitrogens is 1. The molecular formula is C29H20N2O4S. The third-order valence-corrected chi connectivity index (χ3v) is 6.42. The maximum Gasteiger partial charge on any atom is 0.339 e. The fraction of sp³-hybridized carbons (Fsp3) is 0.0345. The number of thiophene rings is 1. The van der Waals surface area contributed by atoms with Crippen LogP contribution in [-0.2, 0) is 9.53 Å². The maximum atomic E-state index is 13.0. The van der Waals surface area contributed by atoms with E-state index in [0.29, 0.717) is 39.0 Å². The number of fused-ring (bicyclic) bond motifs is 1. The number of carbonyl (C=O) groups is 3. The number of hydrogen-bond acceptors (Lipinski definition) is 6. The maximum absolute atomic E-state index is 13.0. The van der Waals surface area contributed by atoms with Gasteiger partial charge in [0.05, 0.1) is 27.3 Å². The summed E-state index contributed by atoms with van der Waals surface area (Å²) in [5, 5.41) is 5.27. The summed E-state index contributed by atoms with van der Waals surface area (Å²) in [6.45, 7) is -0.502. The Morgan fingerprint density at radius 3 is 2.36 bits per heavy atom. The van der Waals surface area contributed by atoms with Gasteiger partial charge in [0, 0.05) is 16.5 Å². The van der Waals surface area contributed by atoms with Crippen LogP contribution in [0.4, 0.5) is 5.69 Å². The molecule has 0 radical (unpaired) electrons. The number of hydrogen-bond donors (Lipinski definition) is 1. The van der Waals surface area contributed by atoms with Crippen LogP contribution in [-0.4, -0.2) is 29.3 Å². The Morgan fingerprint density at radius 2 is 1.56 bits per heavy atom. The van der Waals surface area contributed by atoms with E-state index in [1.807, 2.05) is 41.8 Å². The molecule has 0 bridgehead atoms. The normalized spacial score (nSPS) is 10.7. The minimum Gasteiger partial charge on any atom is -0.452 e. The molecule has 0 saturated carbocycles. The van der Waals surface area contributed by atoms with Gasteiger partial charge in [-0.2, -0.15) is 0 Å². The molecule has 36 heavy (non-hydrogen) atoms. The molecule has 2 aromatic heterocycles. The van der Waals surface area contributed by atoms with Crippen molar-refractivity contribution < 1.29 is 19.1 Å².